The fraction of sp³-hybridized carbons (Fsp3) is 0.588. The molecule has 0 aliphatic carbocycles. The summed E-state index contributed by atoms with van der Waals surface area (Å²) in [5.74, 6) is 0.391. The van der Waals surface area contributed by atoms with Gasteiger partial charge < -0.3 is 20.4 Å². The highest BCUT2D eigenvalue weighted by molar-refractivity contribution is 5.82. The highest BCUT2D eigenvalue weighted by Crippen LogP contribution is 2.20. The lowest BCUT2D eigenvalue weighted by atomic mass is 9.92. The van der Waals surface area contributed by atoms with Crippen molar-refractivity contribution in [2.45, 2.75) is 32.7 Å². The summed E-state index contributed by atoms with van der Waals surface area (Å²) in [4.78, 5) is 18.9. The van der Waals surface area contributed by atoms with E-state index in [1.807, 2.05) is 13.8 Å². The van der Waals surface area contributed by atoms with E-state index < -0.39 is 5.41 Å². The maximum atomic E-state index is 12.5. The molecule has 2 N–H and O–H groups in total. The van der Waals surface area contributed by atoms with Crippen molar-refractivity contribution in [3.8, 4) is 5.88 Å². The van der Waals surface area contributed by atoms with Crippen molar-refractivity contribution in [2.24, 2.45) is 5.41 Å². The number of ether oxygens (including phenoxy) is 1. The van der Waals surface area contributed by atoms with Gasteiger partial charge in [-0.2, -0.15) is 0 Å². The van der Waals surface area contributed by atoms with E-state index >= 15 is 0 Å². The van der Waals surface area contributed by atoms with Crippen LogP contribution in [0.1, 0.15) is 32.3 Å². The fourth-order valence-electron chi connectivity index (χ4n) is 2.48. The molecule has 0 unspecified atom stereocenters. The zero-order chi connectivity index (χ0) is 16.9. The Morgan fingerprint density at radius 1 is 1.52 bits per heavy atom. The van der Waals surface area contributed by atoms with Gasteiger partial charge in [-0.1, -0.05) is 0 Å². The second kappa shape index (κ2) is 7.55. The second-order valence-corrected chi connectivity index (χ2v) is 6.77. The van der Waals surface area contributed by atoms with Gasteiger partial charge in [-0.05, 0) is 59.0 Å². The Bertz CT molecular complexity index is 551. The van der Waals surface area contributed by atoms with Crippen LogP contribution in [-0.4, -0.2) is 54.8 Å². The van der Waals surface area contributed by atoms with Crippen LogP contribution in [0.3, 0.4) is 0 Å². The number of nitrogens with zero attached hydrogens (tertiary/aromatic N) is 2. The number of hydrogen-bond donors (Lipinski definition) is 2. The first-order valence-corrected chi connectivity index (χ1v) is 8.00. The van der Waals surface area contributed by atoms with Gasteiger partial charge in [0, 0.05) is 18.5 Å². The Morgan fingerprint density at radius 3 is 2.87 bits per heavy atom. The number of carbonyl (C=O) groups excluding carboxylic acids is 1. The summed E-state index contributed by atoms with van der Waals surface area (Å²) < 4.78 is 5.69. The van der Waals surface area contributed by atoms with Crippen LogP contribution < -0.4 is 10.1 Å². The maximum absolute atomic E-state index is 12.5. The number of piperidine rings is 1. The zero-order valence-corrected chi connectivity index (χ0v) is 14.1. The minimum atomic E-state index is -0.653. The van der Waals surface area contributed by atoms with E-state index in [2.05, 4.69) is 22.2 Å². The average molecular weight is 318 g/mol. The summed E-state index contributed by atoms with van der Waals surface area (Å²) in [6.07, 6.45) is 4.79. The molecule has 6 heteroatoms. The first-order valence-electron chi connectivity index (χ1n) is 8.00. The topological polar surface area (TPSA) is 78.3 Å². The van der Waals surface area contributed by atoms with Gasteiger partial charge in [0.15, 0.2) is 0 Å². The van der Waals surface area contributed by atoms with Crippen LogP contribution in [0, 0.1) is 10.8 Å². The van der Waals surface area contributed by atoms with E-state index in [9.17, 15) is 4.79 Å². The van der Waals surface area contributed by atoms with E-state index in [0.29, 0.717) is 11.4 Å². The van der Waals surface area contributed by atoms with Crippen LogP contribution in [0.2, 0.25) is 0 Å². The van der Waals surface area contributed by atoms with Gasteiger partial charge in [0.1, 0.15) is 6.61 Å². The van der Waals surface area contributed by atoms with Gasteiger partial charge in [0.25, 0.3) is 0 Å². The number of rotatable bonds is 6. The molecule has 2 heterocycles. The molecule has 1 aromatic heterocycles. The first-order chi connectivity index (χ1) is 10.9. The average Bonchev–Trinajstić information content (AvgIpc) is 2.55. The van der Waals surface area contributed by atoms with Crippen molar-refractivity contribution in [2.75, 3.05) is 26.7 Å². The summed E-state index contributed by atoms with van der Waals surface area (Å²) in [5, 5.41) is 10.5. The molecule has 0 saturated carbocycles. The third-order valence-electron chi connectivity index (χ3n) is 4.19. The smallest absolute Gasteiger partial charge is 0.229 e. The lowest BCUT2D eigenvalue weighted by Gasteiger charge is -2.32. The van der Waals surface area contributed by atoms with E-state index in [1.165, 1.54) is 6.21 Å². The fourth-order valence-corrected chi connectivity index (χ4v) is 2.48. The second-order valence-electron chi connectivity index (χ2n) is 6.77. The molecule has 0 aromatic carbocycles. The summed E-state index contributed by atoms with van der Waals surface area (Å²) in [6.45, 7) is 5.98. The van der Waals surface area contributed by atoms with Crippen molar-refractivity contribution in [1.82, 2.24) is 15.2 Å². The minimum Gasteiger partial charge on any atom is -0.476 e. The van der Waals surface area contributed by atoms with Crippen molar-refractivity contribution in [3.63, 3.8) is 0 Å². The minimum absolute atomic E-state index is 0.000567. The Morgan fingerprint density at radius 2 is 2.22 bits per heavy atom. The molecular formula is C17H26N4O2. The van der Waals surface area contributed by atoms with Crippen LogP contribution in [0.25, 0.3) is 0 Å². The molecule has 23 heavy (non-hydrogen) atoms. The molecule has 1 amide bonds. The normalized spacial score (nSPS) is 16.8. The highest BCUT2D eigenvalue weighted by atomic mass is 16.5. The van der Waals surface area contributed by atoms with Crippen molar-refractivity contribution in [1.29, 1.82) is 5.41 Å². The van der Waals surface area contributed by atoms with Gasteiger partial charge in [-0.15, -0.1) is 0 Å². The van der Waals surface area contributed by atoms with Gasteiger partial charge in [0.2, 0.25) is 11.8 Å². The van der Waals surface area contributed by atoms with E-state index in [1.54, 1.807) is 18.3 Å². The predicted molar refractivity (Wildman–Crippen MR) is 90.1 cm³/mol. The molecule has 1 fully saturated rings. The molecule has 1 aliphatic rings. The molecule has 0 radical (unpaired) electrons. The number of aromatic nitrogens is 1. The summed E-state index contributed by atoms with van der Waals surface area (Å²) in [5.41, 5.74) is -0.0424. The SMILES string of the molecule is CN1CCC(NC(=O)C(C)(C)COc2ncccc2C=N)CC1. The Balaban J connectivity index is 1.90. The quantitative estimate of drug-likeness (QED) is 0.783. The van der Waals surface area contributed by atoms with Gasteiger partial charge >= 0.3 is 0 Å². The van der Waals surface area contributed by atoms with Crippen LogP contribution in [0.15, 0.2) is 18.3 Å². The van der Waals surface area contributed by atoms with Crippen LogP contribution in [-0.2, 0) is 4.79 Å². The lowest BCUT2D eigenvalue weighted by Crippen LogP contribution is -2.49. The summed E-state index contributed by atoms with van der Waals surface area (Å²) in [7, 11) is 2.10. The standard InChI is InChI=1S/C17H26N4O2/c1-17(2,12-23-15-13(11-18)5-4-8-19-15)16(22)20-14-6-9-21(3)10-7-14/h4-5,8,11,14,18H,6-7,9-10,12H2,1-3H3,(H,20,22). The maximum Gasteiger partial charge on any atom is 0.229 e. The molecule has 0 atom stereocenters. The summed E-state index contributed by atoms with van der Waals surface area (Å²) in [6, 6.07) is 3.76. The van der Waals surface area contributed by atoms with Gasteiger partial charge in [0.05, 0.1) is 11.0 Å². The van der Waals surface area contributed by atoms with Crippen LogP contribution >= 0.6 is 0 Å². The Kier molecular flexibility index (Phi) is 5.71. The molecule has 1 saturated heterocycles. The van der Waals surface area contributed by atoms with Crippen molar-refractivity contribution in [3.05, 3.63) is 23.9 Å². The third-order valence-corrected chi connectivity index (χ3v) is 4.19. The molecule has 126 valence electrons. The van der Waals surface area contributed by atoms with Crippen molar-refractivity contribution < 1.29 is 9.53 Å². The Labute approximate surface area is 137 Å². The van der Waals surface area contributed by atoms with E-state index in [-0.39, 0.29) is 18.6 Å². The molecule has 6 nitrogen and oxygen atoms in total. The molecule has 0 bridgehead atoms. The summed E-state index contributed by atoms with van der Waals surface area (Å²) >= 11 is 0. The predicted octanol–water partition coefficient (Wildman–Crippen LogP) is 1.69. The molecule has 0 spiro atoms. The highest BCUT2D eigenvalue weighted by Gasteiger charge is 2.31. The number of hydrogen-bond acceptors (Lipinski definition) is 5. The number of pyridine rings is 1. The third kappa shape index (κ3) is 4.76. The zero-order valence-electron chi connectivity index (χ0n) is 14.1. The first kappa shape index (κ1) is 17.4. The number of carbonyl (C=O) groups is 1. The Hall–Kier alpha value is -1.95. The number of nitrogens with one attached hydrogen (secondary N) is 2. The lowest BCUT2D eigenvalue weighted by molar-refractivity contribution is -0.131. The molecule has 2 rings (SSSR count). The van der Waals surface area contributed by atoms with Crippen LogP contribution in [0.4, 0.5) is 0 Å². The van der Waals surface area contributed by atoms with Crippen LogP contribution in [0.5, 0.6) is 5.88 Å². The molecular weight excluding hydrogens is 292 g/mol. The van der Waals surface area contributed by atoms with Gasteiger partial charge in [-0.3, -0.25) is 4.79 Å². The molecule has 1 aliphatic heterocycles. The number of amides is 1. The van der Waals surface area contributed by atoms with Gasteiger partial charge in [-0.25, -0.2) is 4.98 Å². The molecule has 1 aromatic rings. The van der Waals surface area contributed by atoms with Crippen molar-refractivity contribution >= 4 is 12.1 Å². The largest absolute Gasteiger partial charge is 0.476 e. The monoisotopic (exact) mass is 318 g/mol. The van der Waals surface area contributed by atoms with E-state index in [4.69, 9.17) is 10.1 Å². The number of likely N-dealkylation sites (tertiary alicyclic amines) is 1. The van der Waals surface area contributed by atoms with E-state index in [0.717, 1.165) is 25.9 Å².